The number of halogens is 1. The summed E-state index contributed by atoms with van der Waals surface area (Å²) in [7, 11) is 0. The molecule has 0 saturated heterocycles. The van der Waals surface area contributed by atoms with Gasteiger partial charge < -0.3 is 4.98 Å². The second kappa shape index (κ2) is 9.04. The first-order valence-electron chi connectivity index (χ1n) is 9.38. The average Bonchev–Trinajstić information content (AvgIpc) is 3.38. The van der Waals surface area contributed by atoms with E-state index in [0.717, 1.165) is 22.2 Å². The smallest absolute Gasteiger partial charge is 0.196 e. The summed E-state index contributed by atoms with van der Waals surface area (Å²) in [5.41, 5.74) is 2.85. The number of thioether (sulfide) groups is 1. The molecule has 2 aromatic heterocycles. The minimum atomic E-state index is -0.221. The van der Waals surface area contributed by atoms with E-state index in [9.17, 15) is 5.26 Å². The molecule has 0 aliphatic heterocycles. The number of aromatic amines is 1. The van der Waals surface area contributed by atoms with Crippen LogP contribution in [0.25, 0.3) is 28.0 Å². The van der Waals surface area contributed by atoms with E-state index in [2.05, 4.69) is 27.3 Å². The molecule has 2 aromatic carbocycles. The average molecular weight is 433 g/mol. The van der Waals surface area contributed by atoms with Crippen LogP contribution in [0.4, 0.5) is 0 Å². The monoisotopic (exact) mass is 432 g/mol. The molecule has 0 saturated carbocycles. The van der Waals surface area contributed by atoms with Crippen LogP contribution in [0.1, 0.15) is 12.8 Å². The molecule has 30 heavy (non-hydrogen) atoms. The number of nitriles is 2. The van der Waals surface area contributed by atoms with Crippen LogP contribution in [0.5, 0.6) is 0 Å². The highest BCUT2D eigenvalue weighted by Gasteiger charge is 2.20. The molecule has 0 aliphatic rings. The standard InChI is InChI=1S/C22H17ClN6S/c23-16-7-9-17(10-8-16)29-21(19-13-26-20-6-2-1-5-18(19)20)27-28-22(29)30-14-15(12-25)4-3-11-24/h1-2,5-10,13,15,26H,3-4,14H2. The van der Waals surface area contributed by atoms with Crippen molar-refractivity contribution in [3.8, 4) is 29.2 Å². The second-order valence-electron chi connectivity index (χ2n) is 6.70. The normalized spacial score (nSPS) is 11.8. The van der Waals surface area contributed by atoms with Gasteiger partial charge in [0.05, 0.1) is 18.1 Å². The van der Waals surface area contributed by atoms with Crippen molar-refractivity contribution in [2.75, 3.05) is 5.75 Å². The van der Waals surface area contributed by atoms with Crippen molar-refractivity contribution in [3.05, 3.63) is 59.8 Å². The molecule has 1 N–H and O–H groups in total. The fourth-order valence-corrected chi connectivity index (χ4v) is 4.35. The lowest BCUT2D eigenvalue weighted by atomic mass is 10.1. The van der Waals surface area contributed by atoms with Crippen molar-refractivity contribution in [2.45, 2.75) is 18.0 Å². The highest BCUT2D eigenvalue weighted by Crippen LogP contribution is 2.33. The predicted octanol–water partition coefficient (Wildman–Crippen LogP) is 5.60. The highest BCUT2D eigenvalue weighted by molar-refractivity contribution is 7.99. The first-order chi connectivity index (χ1) is 14.7. The van der Waals surface area contributed by atoms with E-state index < -0.39 is 0 Å². The van der Waals surface area contributed by atoms with Crippen LogP contribution in [-0.4, -0.2) is 25.5 Å². The van der Waals surface area contributed by atoms with E-state index in [1.807, 2.05) is 59.3 Å². The van der Waals surface area contributed by atoms with E-state index in [4.69, 9.17) is 16.9 Å². The summed E-state index contributed by atoms with van der Waals surface area (Å²) in [5, 5.41) is 29.5. The molecular formula is C22H17ClN6S. The number of hydrogen-bond acceptors (Lipinski definition) is 5. The van der Waals surface area contributed by atoms with Crippen LogP contribution < -0.4 is 0 Å². The van der Waals surface area contributed by atoms with Gasteiger partial charge in [-0.1, -0.05) is 41.6 Å². The third-order valence-corrected chi connectivity index (χ3v) is 6.09. The number of rotatable bonds is 7. The Labute approximate surface area is 183 Å². The summed E-state index contributed by atoms with van der Waals surface area (Å²) in [6, 6.07) is 19.9. The highest BCUT2D eigenvalue weighted by atomic mass is 35.5. The summed E-state index contributed by atoms with van der Waals surface area (Å²) < 4.78 is 1.98. The van der Waals surface area contributed by atoms with E-state index in [0.29, 0.717) is 34.6 Å². The Bertz CT molecular complexity index is 1250. The van der Waals surface area contributed by atoms with Gasteiger partial charge in [0.25, 0.3) is 0 Å². The van der Waals surface area contributed by atoms with Gasteiger partial charge in [0.2, 0.25) is 0 Å². The molecule has 4 rings (SSSR count). The number of aromatic nitrogens is 4. The van der Waals surface area contributed by atoms with Crippen molar-refractivity contribution < 1.29 is 0 Å². The summed E-state index contributed by atoms with van der Waals surface area (Å²) in [6.07, 6.45) is 2.84. The van der Waals surface area contributed by atoms with Crippen molar-refractivity contribution in [3.63, 3.8) is 0 Å². The number of para-hydroxylation sites is 1. The van der Waals surface area contributed by atoms with E-state index in [-0.39, 0.29) is 5.92 Å². The fraction of sp³-hybridized carbons (Fsp3) is 0.182. The molecule has 6 nitrogen and oxygen atoms in total. The SMILES string of the molecule is N#CCCC(C#N)CSc1nnc(-c2c[nH]c3ccccc23)n1-c1ccc(Cl)cc1. The quantitative estimate of drug-likeness (QED) is 0.383. The number of fused-ring (bicyclic) bond motifs is 1. The molecule has 0 bridgehead atoms. The maximum absolute atomic E-state index is 9.39. The van der Waals surface area contributed by atoms with Gasteiger partial charge >= 0.3 is 0 Å². The van der Waals surface area contributed by atoms with Crippen LogP contribution in [0.15, 0.2) is 59.9 Å². The van der Waals surface area contributed by atoms with E-state index in [1.165, 1.54) is 11.8 Å². The Kier molecular flexibility index (Phi) is 6.04. The lowest BCUT2D eigenvalue weighted by Crippen LogP contribution is -2.04. The maximum atomic E-state index is 9.39. The van der Waals surface area contributed by atoms with Gasteiger partial charge in [-0.2, -0.15) is 10.5 Å². The molecule has 2 heterocycles. The molecular weight excluding hydrogens is 416 g/mol. The summed E-state index contributed by atoms with van der Waals surface area (Å²) in [4.78, 5) is 3.28. The van der Waals surface area contributed by atoms with Crippen LogP contribution in [0.3, 0.4) is 0 Å². The van der Waals surface area contributed by atoms with Gasteiger partial charge in [0.15, 0.2) is 11.0 Å². The summed E-state index contributed by atoms with van der Waals surface area (Å²) >= 11 is 7.55. The van der Waals surface area contributed by atoms with Crippen LogP contribution in [0, 0.1) is 28.6 Å². The topological polar surface area (TPSA) is 94.1 Å². The Morgan fingerprint density at radius 2 is 1.90 bits per heavy atom. The Morgan fingerprint density at radius 1 is 1.10 bits per heavy atom. The van der Waals surface area contributed by atoms with Crippen molar-refractivity contribution in [2.24, 2.45) is 5.92 Å². The lowest BCUT2D eigenvalue weighted by Gasteiger charge is -2.11. The number of nitrogens with one attached hydrogen (secondary N) is 1. The number of H-pyrrole nitrogens is 1. The molecule has 8 heteroatoms. The minimum absolute atomic E-state index is 0.221. The minimum Gasteiger partial charge on any atom is -0.360 e. The molecule has 0 fully saturated rings. The van der Waals surface area contributed by atoms with E-state index >= 15 is 0 Å². The molecule has 148 valence electrons. The maximum Gasteiger partial charge on any atom is 0.196 e. The Hall–Kier alpha value is -3.26. The van der Waals surface area contributed by atoms with Gasteiger partial charge in [-0.3, -0.25) is 4.57 Å². The number of nitrogens with zero attached hydrogens (tertiary/aromatic N) is 5. The molecule has 0 aliphatic carbocycles. The number of benzene rings is 2. The van der Waals surface area contributed by atoms with Gasteiger partial charge in [0.1, 0.15) is 0 Å². The van der Waals surface area contributed by atoms with Gasteiger partial charge in [-0.05, 0) is 36.8 Å². The fourth-order valence-electron chi connectivity index (χ4n) is 3.22. The third kappa shape index (κ3) is 4.04. The van der Waals surface area contributed by atoms with Crippen molar-refractivity contribution in [1.82, 2.24) is 19.7 Å². The molecule has 0 radical (unpaired) electrons. The largest absolute Gasteiger partial charge is 0.360 e. The first kappa shape index (κ1) is 20.0. The lowest BCUT2D eigenvalue weighted by molar-refractivity contribution is 0.683. The zero-order valence-electron chi connectivity index (χ0n) is 15.9. The molecule has 0 amide bonds. The zero-order valence-corrected chi connectivity index (χ0v) is 17.5. The molecule has 1 unspecified atom stereocenters. The Morgan fingerprint density at radius 3 is 2.67 bits per heavy atom. The van der Waals surface area contributed by atoms with Crippen LogP contribution >= 0.6 is 23.4 Å². The van der Waals surface area contributed by atoms with Crippen LogP contribution in [0.2, 0.25) is 5.02 Å². The van der Waals surface area contributed by atoms with Gasteiger partial charge in [-0.25, -0.2) is 0 Å². The molecule has 0 spiro atoms. The second-order valence-corrected chi connectivity index (χ2v) is 8.12. The summed E-state index contributed by atoms with van der Waals surface area (Å²) in [5.74, 6) is 1.03. The first-order valence-corrected chi connectivity index (χ1v) is 10.7. The third-order valence-electron chi connectivity index (χ3n) is 4.75. The van der Waals surface area contributed by atoms with Crippen LogP contribution in [-0.2, 0) is 0 Å². The Balaban J connectivity index is 1.75. The predicted molar refractivity (Wildman–Crippen MR) is 118 cm³/mol. The van der Waals surface area contributed by atoms with E-state index in [1.54, 1.807) is 0 Å². The summed E-state index contributed by atoms with van der Waals surface area (Å²) in [6.45, 7) is 0. The van der Waals surface area contributed by atoms with Crippen molar-refractivity contribution >= 4 is 34.3 Å². The van der Waals surface area contributed by atoms with Crippen molar-refractivity contribution in [1.29, 1.82) is 10.5 Å². The molecule has 1 atom stereocenters. The number of hydrogen-bond donors (Lipinski definition) is 1. The van der Waals surface area contributed by atoms with Gasteiger partial charge in [-0.15, -0.1) is 10.2 Å². The van der Waals surface area contributed by atoms with Gasteiger partial charge in [0, 0.05) is 45.5 Å². The molecule has 4 aromatic rings. The zero-order chi connectivity index (χ0) is 20.9.